The van der Waals surface area contributed by atoms with Gasteiger partial charge in [-0.3, -0.25) is 4.79 Å². The van der Waals surface area contributed by atoms with Crippen molar-refractivity contribution in [3.05, 3.63) is 35.4 Å². The highest BCUT2D eigenvalue weighted by atomic mass is 16.7. The fourth-order valence-corrected chi connectivity index (χ4v) is 3.81. The van der Waals surface area contributed by atoms with Crippen molar-refractivity contribution in [2.24, 2.45) is 0 Å². The van der Waals surface area contributed by atoms with Crippen LogP contribution in [0.25, 0.3) is 0 Å². The van der Waals surface area contributed by atoms with Gasteiger partial charge in [0.2, 0.25) is 12.0 Å². The lowest BCUT2D eigenvalue weighted by molar-refractivity contribution is -0.277. The normalized spacial score (nSPS) is 29.3. The first kappa shape index (κ1) is 22.9. The van der Waals surface area contributed by atoms with Gasteiger partial charge in [-0.2, -0.15) is 0 Å². The minimum atomic E-state index is -1.79. The molecule has 0 aliphatic carbocycles. The van der Waals surface area contributed by atoms with Gasteiger partial charge in [0.1, 0.15) is 53.3 Å². The summed E-state index contributed by atoms with van der Waals surface area (Å²) in [5.41, 5.74) is -0.0512. The molecule has 8 N–H and O–H groups in total. The van der Waals surface area contributed by atoms with E-state index >= 15 is 0 Å². The molecule has 6 atom stereocenters. The molecule has 2 aromatic rings. The van der Waals surface area contributed by atoms with Gasteiger partial charge in [-0.05, 0) is 12.1 Å². The number of aromatic hydroxyl groups is 4. The molecule has 0 aromatic heterocycles. The maximum atomic E-state index is 12.7. The molecule has 1 saturated heterocycles. The number of benzene rings is 2. The Labute approximate surface area is 186 Å². The standard InChI is InChI=1S/C21H22O12/c22-6-14-17(27)19(29)20(30)21(33-14)32-13-5-12-15(18(28)16(13)26)10(25)4-11(31-12)7-1-8(23)3-9(24)2-7/h1-3,5,11,14,17,19-24,26-30H,4,6H2/t11-,14+,17+,19-,20+,21+/m0/s1. The first-order chi connectivity index (χ1) is 15.6. The van der Waals surface area contributed by atoms with Crippen LogP contribution in [0.2, 0.25) is 0 Å². The van der Waals surface area contributed by atoms with Crippen molar-refractivity contribution in [1.82, 2.24) is 0 Å². The van der Waals surface area contributed by atoms with Gasteiger partial charge in [0.05, 0.1) is 13.0 Å². The molecule has 0 unspecified atom stereocenters. The third kappa shape index (κ3) is 4.10. The van der Waals surface area contributed by atoms with Gasteiger partial charge >= 0.3 is 0 Å². The van der Waals surface area contributed by atoms with Gasteiger partial charge in [0.15, 0.2) is 17.3 Å². The summed E-state index contributed by atoms with van der Waals surface area (Å²) in [5.74, 6) is -3.52. The van der Waals surface area contributed by atoms with Crippen molar-refractivity contribution in [3.63, 3.8) is 0 Å². The smallest absolute Gasteiger partial charge is 0.229 e. The maximum Gasteiger partial charge on any atom is 0.229 e. The van der Waals surface area contributed by atoms with Crippen molar-refractivity contribution >= 4 is 5.78 Å². The third-order valence-corrected chi connectivity index (χ3v) is 5.51. The molecular weight excluding hydrogens is 444 g/mol. The highest BCUT2D eigenvalue weighted by Crippen LogP contribution is 2.49. The van der Waals surface area contributed by atoms with Crippen LogP contribution < -0.4 is 9.47 Å². The number of rotatable bonds is 4. The number of phenols is 4. The van der Waals surface area contributed by atoms with Crippen LogP contribution in [-0.2, 0) is 4.74 Å². The summed E-state index contributed by atoms with van der Waals surface area (Å²) < 4.78 is 16.3. The van der Waals surface area contributed by atoms with E-state index in [-0.39, 0.29) is 34.8 Å². The number of hydrogen-bond acceptors (Lipinski definition) is 12. The lowest BCUT2D eigenvalue weighted by atomic mass is 9.95. The average Bonchev–Trinajstić information content (AvgIpc) is 2.76. The van der Waals surface area contributed by atoms with Crippen LogP contribution in [0.1, 0.15) is 28.4 Å². The second kappa shape index (κ2) is 8.57. The van der Waals surface area contributed by atoms with E-state index in [1.54, 1.807) is 0 Å². The van der Waals surface area contributed by atoms with E-state index in [9.17, 15) is 45.6 Å². The van der Waals surface area contributed by atoms with Crippen LogP contribution in [0, 0.1) is 0 Å². The lowest BCUT2D eigenvalue weighted by Crippen LogP contribution is -2.60. The van der Waals surface area contributed by atoms with E-state index in [0.29, 0.717) is 0 Å². The summed E-state index contributed by atoms with van der Waals surface area (Å²) in [6.45, 7) is -0.706. The van der Waals surface area contributed by atoms with E-state index in [4.69, 9.17) is 14.2 Å². The number of aliphatic hydroxyl groups excluding tert-OH is 4. The third-order valence-electron chi connectivity index (χ3n) is 5.51. The molecule has 178 valence electrons. The van der Waals surface area contributed by atoms with Crippen molar-refractivity contribution in [3.8, 4) is 34.5 Å². The van der Waals surface area contributed by atoms with Gasteiger partial charge in [0.25, 0.3) is 0 Å². The lowest BCUT2D eigenvalue weighted by Gasteiger charge is -2.39. The topological polar surface area (TPSA) is 207 Å². The first-order valence-corrected chi connectivity index (χ1v) is 9.89. The van der Waals surface area contributed by atoms with E-state index in [1.807, 2.05) is 0 Å². The van der Waals surface area contributed by atoms with Gasteiger partial charge in [-0.15, -0.1) is 0 Å². The number of fused-ring (bicyclic) bond motifs is 1. The molecule has 0 spiro atoms. The molecule has 0 bridgehead atoms. The van der Waals surface area contributed by atoms with Crippen LogP contribution in [-0.4, -0.2) is 83.9 Å². The molecular formula is C21H22O12. The van der Waals surface area contributed by atoms with Gasteiger partial charge in [-0.1, -0.05) is 0 Å². The highest BCUT2D eigenvalue weighted by molar-refractivity contribution is 6.03. The molecule has 0 amide bonds. The van der Waals surface area contributed by atoms with Crippen molar-refractivity contribution in [1.29, 1.82) is 0 Å². The number of hydrogen-bond donors (Lipinski definition) is 8. The summed E-state index contributed by atoms with van der Waals surface area (Å²) in [5, 5.41) is 79.4. The number of carbonyl (C=O) groups is 1. The minimum absolute atomic E-state index is 0.200. The summed E-state index contributed by atoms with van der Waals surface area (Å²) in [6, 6.07) is 4.72. The highest BCUT2D eigenvalue weighted by Gasteiger charge is 2.45. The predicted molar refractivity (Wildman–Crippen MR) is 106 cm³/mol. The van der Waals surface area contributed by atoms with E-state index in [2.05, 4.69) is 0 Å². The minimum Gasteiger partial charge on any atom is -0.508 e. The zero-order valence-electron chi connectivity index (χ0n) is 16.9. The van der Waals surface area contributed by atoms with Crippen LogP contribution >= 0.6 is 0 Å². The summed E-state index contributed by atoms with van der Waals surface area (Å²) in [6.07, 6.45) is -9.32. The van der Waals surface area contributed by atoms with Crippen LogP contribution in [0.5, 0.6) is 34.5 Å². The van der Waals surface area contributed by atoms with E-state index < -0.39 is 66.4 Å². The molecule has 33 heavy (non-hydrogen) atoms. The fourth-order valence-electron chi connectivity index (χ4n) is 3.81. The number of Topliss-reactive ketones (excluding diaryl/α,β-unsaturated/α-hetero) is 1. The predicted octanol–water partition coefficient (Wildman–Crippen LogP) is -0.606. The number of ketones is 1. The zero-order valence-corrected chi connectivity index (χ0v) is 16.9. The van der Waals surface area contributed by atoms with Crippen LogP contribution in [0.3, 0.4) is 0 Å². The quantitative estimate of drug-likeness (QED) is 0.266. The largest absolute Gasteiger partial charge is 0.508 e. The van der Waals surface area contributed by atoms with E-state index in [0.717, 1.165) is 12.1 Å². The number of carbonyl (C=O) groups excluding carboxylic acids is 1. The van der Waals surface area contributed by atoms with Crippen LogP contribution in [0.15, 0.2) is 24.3 Å². The van der Waals surface area contributed by atoms with Crippen molar-refractivity contribution in [2.75, 3.05) is 6.61 Å². The molecule has 2 heterocycles. The SMILES string of the molecule is O=C1C[C@@H](c2cc(O)cc(O)c2)Oc2cc(O[C@@H]3O[C@H](CO)[C@@H](O)[C@H](O)[C@H]3O)c(O)c(O)c21. The number of aliphatic hydroxyl groups is 4. The second-order valence-corrected chi connectivity index (χ2v) is 7.78. The Balaban J connectivity index is 1.66. The Kier molecular flexibility index (Phi) is 5.95. The molecule has 0 radical (unpaired) electrons. The zero-order chi connectivity index (χ0) is 24.0. The van der Waals surface area contributed by atoms with E-state index in [1.165, 1.54) is 12.1 Å². The Morgan fingerprint density at radius 2 is 1.58 bits per heavy atom. The molecule has 12 heteroatoms. The van der Waals surface area contributed by atoms with Gasteiger partial charge in [0, 0.05) is 17.7 Å². The van der Waals surface area contributed by atoms with Crippen molar-refractivity contribution < 1.29 is 59.9 Å². The summed E-state index contributed by atoms with van der Waals surface area (Å²) in [4.78, 5) is 12.7. The summed E-state index contributed by atoms with van der Waals surface area (Å²) in [7, 11) is 0. The summed E-state index contributed by atoms with van der Waals surface area (Å²) >= 11 is 0. The molecule has 2 aliphatic heterocycles. The maximum absolute atomic E-state index is 12.7. The molecule has 2 aliphatic rings. The Bertz CT molecular complexity index is 1050. The molecule has 0 saturated carbocycles. The Morgan fingerprint density at radius 1 is 0.909 bits per heavy atom. The Hall–Kier alpha value is -3.29. The first-order valence-electron chi connectivity index (χ1n) is 9.89. The van der Waals surface area contributed by atoms with Crippen LogP contribution in [0.4, 0.5) is 0 Å². The number of phenolic OH excluding ortho intramolecular Hbond substituents is 4. The van der Waals surface area contributed by atoms with Gasteiger partial charge in [-0.25, -0.2) is 0 Å². The Morgan fingerprint density at radius 3 is 2.21 bits per heavy atom. The molecule has 2 aromatic carbocycles. The van der Waals surface area contributed by atoms with Crippen molar-refractivity contribution in [2.45, 2.75) is 43.2 Å². The second-order valence-electron chi connectivity index (χ2n) is 7.78. The molecule has 1 fully saturated rings. The monoisotopic (exact) mass is 466 g/mol. The number of ether oxygens (including phenoxy) is 3. The average molecular weight is 466 g/mol. The van der Waals surface area contributed by atoms with Gasteiger partial charge < -0.3 is 55.1 Å². The molecule has 12 nitrogen and oxygen atoms in total. The molecule has 4 rings (SSSR count). The fraction of sp³-hybridized carbons (Fsp3) is 0.381.